The second-order valence-electron chi connectivity index (χ2n) is 11.4. The highest BCUT2D eigenvalue weighted by molar-refractivity contribution is 6.05. The van der Waals surface area contributed by atoms with Gasteiger partial charge in [0.15, 0.2) is 0 Å². The van der Waals surface area contributed by atoms with Gasteiger partial charge in [0.25, 0.3) is 5.91 Å². The fraction of sp³-hybridized carbons (Fsp3) is 0.424. The zero-order valence-electron chi connectivity index (χ0n) is 24.0. The monoisotopic (exact) mass is 557 g/mol. The van der Waals surface area contributed by atoms with Crippen LogP contribution in [0.2, 0.25) is 0 Å². The molecule has 5 rings (SSSR count). The van der Waals surface area contributed by atoms with E-state index >= 15 is 0 Å². The molecule has 216 valence electrons. The van der Waals surface area contributed by atoms with Crippen LogP contribution >= 0.6 is 0 Å². The summed E-state index contributed by atoms with van der Waals surface area (Å²) in [7, 11) is 1.69. The number of aryl methyl sites for hydroxylation is 2. The van der Waals surface area contributed by atoms with Crippen LogP contribution in [0.5, 0.6) is 0 Å². The normalized spacial score (nSPS) is 26.9. The minimum Gasteiger partial charge on any atom is -0.394 e. The molecule has 2 aromatic carbocycles. The summed E-state index contributed by atoms with van der Waals surface area (Å²) in [5.41, 5.74) is 2.16. The van der Waals surface area contributed by atoms with Gasteiger partial charge in [-0.3, -0.25) is 14.4 Å². The predicted molar refractivity (Wildman–Crippen MR) is 157 cm³/mol. The summed E-state index contributed by atoms with van der Waals surface area (Å²) in [5.74, 6) is -2.39. The molecule has 1 spiro atoms. The molecule has 41 heavy (non-hydrogen) atoms. The van der Waals surface area contributed by atoms with E-state index in [1.54, 1.807) is 29.0 Å². The van der Waals surface area contributed by atoms with Gasteiger partial charge >= 0.3 is 0 Å². The van der Waals surface area contributed by atoms with Gasteiger partial charge in [0.1, 0.15) is 11.6 Å². The molecule has 3 aliphatic heterocycles. The van der Waals surface area contributed by atoms with Gasteiger partial charge in [-0.1, -0.05) is 54.6 Å². The number of fused-ring (bicyclic) bond motifs is 1. The van der Waals surface area contributed by atoms with Crippen molar-refractivity contribution in [1.29, 1.82) is 0 Å². The molecule has 2 bridgehead atoms. The Labute approximate surface area is 241 Å². The lowest BCUT2D eigenvalue weighted by Gasteiger charge is -2.39. The van der Waals surface area contributed by atoms with Crippen LogP contribution < -0.4 is 4.90 Å². The van der Waals surface area contributed by atoms with Gasteiger partial charge < -0.3 is 24.5 Å². The molecule has 0 radical (unpaired) electrons. The number of aliphatic hydroxyl groups is 1. The van der Waals surface area contributed by atoms with E-state index in [1.165, 1.54) is 4.90 Å². The van der Waals surface area contributed by atoms with Crippen LogP contribution in [0.4, 0.5) is 5.69 Å². The number of hydrogen-bond acceptors (Lipinski definition) is 5. The summed E-state index contributed by atoms with van der Waals surface area (Å²) in [6.07, 6.45) is 3.89. The highest BCUT2D eigenvalue weighted by Gasteiger charge is 2.75. The lowest BCUT2D eigenvalue weighted by Crippen LogP contribution is -2.57. The number of anilines is 1. The molecular formula is C33H39N3O5. The van der Waals surface area contributed by atoms with Crippen molar-refractivity contribution in [2.75, 3.05) is 31.6 Å². The summed E-state index contributed by atoms with van der Waals surface area (Å²) in [4.78, 5) is 47.8. The van der Waals surface area contributed by atoms with Crippen LogP contribution in [-0.4, -0.2) is 77.1 Å². The smallest absolute Gasteiger partial charge is 0.253 e. The first kappa shape index (κ1) is 28.8. The highest BCUT2D eigenvalue weighted by Crippen LogP contribution is 2.60. The molecule has 0 aliphatic carbocycles. The topological polar surface area (TPSA) is 90.4 Å². The van der Waals surface area contributed by atoms with Gasteiger partial charge in [0, 0.05) is 25.8 Å². The standard InChI is InChI=1S/C33H39N3O5/c1-6-17-34(5)30(38)27-26-15-16-33(41-26)28(27)31(39)36(25(20-37)23-11-9-8-10-12-23)29(33)32(40)35(18-7-2)24-19-21(3)13-14-22(24)4/h6-14,19,25-29,37H,1-2,15-18,20H2,3-5H3/t25-,26+,27-,28+,29?,33?/m1/s1. The van der Waals surface area contributed by atoms with Gasteiger partial charge in [-0.2, -0.15) is 0 Å². The van der Waals surface area contributed by atoms with E-state index in [0.29, 0.717) is 24.9 Å². The lowest BCUT2D eigenvalue weighted by atomic mass is 9.70. The van der Waals surface area contributed by atoms with E-state index in [-0.39, 0.29) is 30.9 Å². The van der Waals surface area contributed by atoms with Crippen molar-refractivity contribution < 1.29 is 24.2 Å². The molecule has 0 saturated carbocycles. The molecule has 0 aromatic heterocycles. The van der Waals surface area contributed by atoms with Crippen molar-refractivity contribution in [3.63, 3.8) is 0 Å². The highest BCUT2D eigenvalue weighted by atomic mass is 16.5. The Morgan fingerprint density at radius 3 is 2.49 bits per heavy atom. The van der Waals surface area contributed by atoms with Crippen LogP contribution in [0.15, 0.2) is 73.8 Å². The largest absolute Gasteiger partial charge is 0.394 e. The van der Waals surface area contributed by atoms with Crippen LogP contribution in [0.3, 0.4) is 0 Å². The van der Waals surface area contributed by atoms with Gasteiger partial charge in [-0.25, -0.2) is 0 Å². The number of likely N-dealkylation sites (N-methyl/N-ethyl adjacent to an activating group) is 1. The van der Waals surface area contributed by atoms with Gasteiger partial charge in [0.2, 0.25) is 11.8 Å². The van der Waals surface area contributed by atoms with Crippen molar-refractivity contribution in [3.8, 4) is 0 Å². The first-order chi connectivity index (χ1) is 19.7. The van der Waals surface area contributed by atoms with Crippen molar-refractivity contribution in [1.82, 2.24) is 9.80 Å². The molecule has 6 atom stereocenters. The number of nitrogens with zero attached hydrogens (tertiary/aromatic N) is 3. The van der Waals surface area contributed by atoms with E-state index in [2.05, 4.69) is 13.2 Å². The Balaban J connectivity index is 1.66. The van der Waals surface area contributed by atoms with Crippen LogP contribution in [-0.2, 0) is 19.1 Å². The van der Waals surface area contributed by atoms with Crippen molar-refractivity contribution in [2.24, 2.45) is 11.8 Å². The number of rotatable bonds is 10. The average Bonchev–Trinajstić information content (AvgIpc) is 3.61. The third-order valence-electron chi connectivity index (χ3n) is 8.96. The van der Waals surface area contributed by atoms with E-state index < -0.39 is 35.6 Å². The minimum atomic E-state index is -1.19. The Morgan fingerprint density at radius 2 is 1.83 bits per heavy atom. The van der Waals surface area contributed by atoms with Crippen molar-refractivity contribution >= 4 is 23.4 Å². The Hall–Kier alpha value is -3.75. The van der Waals surface area contributed by atoms with Gasteiger partial charge in [0.05, 0.1) is 30.6 Å². The second kappa shape index (κ2) is 11.3. The number of aliphatic hydroxyl groups excluding tert-OH is 1. The number of hydrogen-bond donors (Lipinski definition) is 1. The summed E-state index contributed by atoms with van der Waals surface area (Å²) in [6.45, 7) is 11.7. The summed E-state index contributed by atoms with van der Waals surface area (Å²) in [6, 6.07) is 13.3. The third kappa shape index (κ3) is 4.59. The first-order valence-electron chi connectivity index (χ1n) is 14.2. The summed E-state index contributed by atoms with van der Waals surface area (Å²) < 4.78 is 6.64. The molecule has 3 fully saturated rings. The first-order valence-corrected chi connectivity index (χ1v) is 14.2. The molecule has 3 amide bonds. The zero-order valence-corrected chi connectivity index (χ0v) is 24.0. The van der Waals surface area contributed by atoms with Crippen molar-refractivity contribution in [2.45, 2.75) is 50.5 Å². The number of benzene rings is 2. The minimum absolute atomic E-state index is 0.194. The van der Waals surface area contributed by atoms with E-state index in [4.69, 9.17) is 4.74 Å². The van der Waals surface area contributed by atoms with Crippen LogP contribution in [0, 0.1) is 25.7 Å². The van der Waals surface area contributed by atoms with Gasteiger partial charge in [-0.15, -0.1) is 13.2 Å². The predicted octanol–water partition coefficient (Wildman–Crippen LogP) is 3.58. The maximum absolute atomic E-state index is 14.9. The van der Waals surface area contributed by atoms with Crippen LogP contribution in [0.25, 0.3) is 0 Å². The average molecular weight is 558 g/mol. The number of amides is 3. The maximum Gasteiger partial charge on any atom is 0.253 e. The SMILES string of the molecule is C=CCN(C)C(=O)[C@@H]1[C@@H]2CCC3(O2)C(C(=O)N(CC=C)c2cc(C)ccc2C)N([C@H](CO)c2ccccc2)C(=O)[C@H]13. The quantitative estimate of drug-likeness (QED) is 0.451. The molecule has 1 N–H and O–H groups in total. The molecule has 8 heteroatoms. The fourth-order valence-corrected chi connectivity index (χ4v) is 7.15. The number of likely N-dealkylation sites (tertiary alicyclic amines) is 1. The number of carbonyl (C=O) groups excluding carboxylic acids is 3. The molecule has 3 saturated heterocycles. The van der Waals surface area contributed by atoms with Crippen LogP contribution in [0.1, 0.15) is 35.6 Å². The fourth-order valence-electron chi connectivity index (χ4n) is 7.15. The Morgan fingerprint density at radius 1 is 1.12 bits per heavy atom. The molecule has 3 aliphatic rings. The van der Waals surface area contributed by atoms with Crippen molar-refractivity contribution in [3.05, 3.63) is 90.5 Å². The van der Waals surface area contributed by atoms with Gasteiger partial charge in [-0.05, 0) is 49.4 Å². The summed E-state index contributed by atoms with van der Waals surface area (Å²) in [5, 5.41) is 10.7. The Bertz CT molecular complexity index is 1360. The molecular weight excluding hydrogens is 518 g/mol. The molecule has 8 nitrogen and oxygen atoms in total. The summed E-state index contributed by atoms with van der Waals surface area (Å²) >= 11 is 0. The van der Waals surface area contributed by atoms with E-state index in [1.807, 2.05) is 62.4 Å². The molecule has 3 heterocycles. The second-order valence-corrected chi connectivity index (χ2v) is 11.4. The third-order valence-corrected chi connectivity index (χ3v) is 8.96. The van der Waals surface area contributed by atoms with E-state index in [9.17, 15) is 19.5 Å². The zero-order chi connectivity index (χ0) is 29.5. The molecule has 2 unspecified atom stereocenters. The molecule has 2 aromatic rings. The van der Waals surface area contributed by atoms with E-state index in [0.717, 1.165) is 16.8 Å². The lowest BCUT2D eigenvalue weighted by molar-refractivity contribution is -0.147. The Kier molecular flexibility index (Phi) is 7.90. The maximum atomic E-state index is 14.9. The number of ether oxygens (including phenoxy) is 1. The number of carbonyl (C=O) groups is 3.